The van der Waals surface area contributed by atoms with E-state index in [1.165, 1.54) is 0 Å². The molecule has 1 heterocycles. The summed E-state index contributed by atoms with van der Waals surface area (Å²) in [5, 5.41) is 11.6. The van der Waals surface area contributed by atoms with Crippen molar-refractivity contribution in [2.45, 2.75) is 19.9 Å². The molecule has 0 aliphatic rings. The summed E-state index contributed by atoms with van der Waals surface area (Å²) >= 11 is 0. The molecular formula is C9H12N2O. The van der Waals surface area contributed by atoms with Gasteiger partial charge in [-0.1, -0.05) is 6.92 Å². The molecule has 1 aromatic rings. The molecule has 0 saturated carbocycles. The average Bonchev–Trinajstić information content (AvgIpc) is 2.53. The first kappa shape index (κ1) is 8.82. The van der Waals surface area contributed by atoms with Crippen LogP contribution in [-0.2, 0) is 6.54 Å². The van der Waals surface area contributed by atoms with E-state index in [2.05, 4.69) is 12.2 Å². The van der Waals surface area contributed by atoms with Gasteiger partial charge >= 0.3 is 0 Å². The molecule has 1 rings (SSSR count). The van der Waals surface area contributed by atoms with Crippen LogP contribution in [0.3, 0.4) is 0 Å². The second-order valence-electron chi connectivity index (χ2n) is 2.55. The van der Waals surface area contributed by atoms with Crippen LogP contribution in [0.4, 0.5) is 0 Å². The molecule has 64 valence electrons. The summed E-state index contributed by atoms with van der Waals surface area (Å²) in [6.45, 7) is 3.79. The van der Waals surface area contributed by atoms with Crippen molar-refractivity contribution < 1.29 is 4.42 Å². The average molecular weight is 164 g/mol. The van der Waals surface area contributed by atoms with E-state index in [1.54, 1.807) is 6.07 Å². The number of hydrogen-bond donors (Lipinski definition) is 1. The number of nitrogens with one attached hydrogen (secondary N) is 1. The third kappa shape index (κ3) is 2.40. The molecule has 12 heavy (non-hydrogen) atoms. The zero-order valence-electron chi connectivity index (χ0n) is 7.13. The molecule has 0 saturated heterocycles. The van der Waals surface area contributed by atoms with Crippen LogP contribution >= 0.6 is 0 Å². The quantitative estimate of drug-likeness (QED) is 0.688. The lowest BCUT2D eigenvalue weighted by Gasteiger charge is -1.97. The van der Waals surface area contributed by atoms with Gasteiger partial charge in [0.05, 0.1) is 6.54 Å². The highest BCUT2D eigenvalue weighted by Crippen LogP contribution is 2.05. The SMILES string of the molecule is CCCNCc1ccc(C#N)o1. The Morgan fingerprint density at radius 3 is 3.00 bits per heavy atom. The highest BCUT2D eigenvalue weighted by atomic mass is 16.3. The minimum atomic E-state index is 0.378. The Labute approximate surface area is 72.0 Å². The van der Waals surface area contributed by atoms with E-state index < -0.39 is 0 Å². The monoisotopic (exact) mass is 164 g/mol. The summed E-state index contributed by atoms with van der Waals surface area (Å²) < 4.78 is 5.16. The van der Waals surface area contributed by atoms with E-state index in [0.29, 0.717) is 12.3 Å². The topological polar surface area (TPSA) is 49.0 Å². The third-order valence-electron chi connectivity index (χ3n) is 1.50. The maximum absolute atomic E-state index is 8.46. The lowest BCUT2D eigenvalue weighted by Crippen LogP contribution is -2.12. The largest absolute Gasteiger partial charge is 0.449 e. The summed E-state index contributed by atoms with van der Waals surface area (Å²) in [5.41, 5.74) is 0. The van der Waals surface area contributed by atoms with E-state index in [-0.39, 0.29) is 0 Å². The van der Waals surface area contributed by atoms with Gasteiger partial charge in [-0.3, -0.25) is 0 Å². The van der Waals surface area contributed by atoms with Gasteiger partial charge in [0.2, 0.25) is 5.76 Å². The minimum Gasteiger partial charge on any atom is -0.449 e. The molecule has 0 radical (unpaired) electrons. The third-order valence-corrected chi connectivity index (χ3v) is 1.50. The van der Waals surface area contributed by atoms with Gasteiger partial charge in [-0.2, -0.15) is 5.26 Å². The van der Waals surface area contributed by atoms with E-state index >= 15 is 0 Å². The molecule has 3 heteroatoms. The van der Waals surface area contributed by atoms with Crippen LogP contribution < -0.4 is 5.32 Å². The van der Waals surface area contributed by atoms with Crippen molar-refractivity contribution in [3.8, 4) is 6.07 Å². The predicted octanol–water partition coefficient (Wildman–Crippen LogP) is 1.65. The Hall–Kier alpha value is -1.27. The standard InChI is InChI=1S/C9H12N2O/c1-2-5-11-7-9-4-3-8(6-10)12-9/h3-4,11H,2,5,7H2,1H3. The Morgan fingerprint density at radius 2 is 2.42 bits per heavy atom. The van der Waals surface area contributed by atoms with Crippen LogP contribution in [-0.4, -0.2) is 6.54 Å². The van der Waals surface area contributed by atoms with Gasteiger partial charge in [0.25, 0.3) is 0 Å². The first-order valence-corrected chi connectivity index (χ1v) is 4.06. The Morgan fingerprint density at radius 1 is 1.58 bits per heavy atom. The second kappa shape index (κ2) is 4.58. The molecule has 0 fully saturated rings. The normalized spacial score (nSPS) is 9.67. The molecule has 0 aromatic carbocycles. The molecule has 0 aliphatic carbocycles. The van der Waals surface area contributed by atoms with Gasteiger partial charge in [0.15, 0.2) is 0 Å². The Kier molecular flexibility index (Phi) is 3.36. The Bertz CT molecular complexity index is 272. The smallest absolute Gasteiger partial charge is 0.203 e. The molecule has 0 aliphatic heterocycles. The van der Waals surface area contributed by atoms with E-state index in [0.717, 1.165) is 18.7 Å². The van der Waals surface area contributed by atoms with Gasteiger partial charge in [-0.15, -0.1) is 0 Å². The lowest BCUT2D eigenvalue weighted by molar-refractivity contribution is 0.474. The first-order chi connectivity index (χ1) is 5.86. The highest BCUT2D eigenvalue weighted by molar-refractivity contribution is 5.18. The number of nitriles is 1. The lowest BCUT2D eigenvalue weighted by atomic mass is 10.4. The first-order valence-electron chi connectivity index (χ1n) is 4.06. The van der Waals surface area contributed by atoms with Gasteiger partial charge in [-0.05, 0) is 25.1 Å². The molecule has 1 aromatic heterocycles. The number of hydrogen-bond acceptors (Lipinski definition) is 3. The summed E-state index contributed by atoms with van der Waals surface area (Å²) in [5.74, 6) is 1.20. The van der Waals surface area contributed by atoms with Gasteiger partial charge < -0.3 is 9.73 Å². The summed E-state index contributed by atoms with van der Waals surface area (Å²) in [6, 6.07) is 5.45. The summed E-state index contributed by atoms with van der Waals surface area (Å²) in [6.07, 6.45) is 1.10. The van der Waals surface area contributed by atoms with E-state index in [4.69, 9.17) is 9.68 Å². The van der Waals surface area contributed by atoms with Crippen molar-refractivity contribution in [2.75, 3.05) is 6.54 Å². The number of furan rings is 1. The van der Waals surface area contributed by atoms with Gasteiger partial charge in [-0.25, -0.2) is 0 Å². The zero-order valence-corrected chi connectivity index (χ0v) is 7.13. The van der Waals surface area contributed by atoms with Gasteiger partial charge in [0.1, 0.15) is 11.8 Å². The van der Waals surface area contributed by atoms with Crippen molar-refractivity contribution in [1.82, 2.24) is 5.32 Å². The second-order valence-corrected chi connectivity index (χ2v) is 2.55. The van der Waals surface area contributed by atoms with Crippen LogP contribution in [0.25, 0.3) is 0 Å². The van der Waals surface area contributed by atoms with Crippen molar-refractivity contribution in [3.05, 3.63) is 23.7 Å². The van der Waals surface area contributed by atoms with Crippen molar-refractivity contribution >= 4 is 0 Å². The van der Waals surface area contributed by atoms with Crippen LogP contribution in [0, 0.1) is 11.3 Å². The van der Waals surface area contributed by atoms with Crippen LogP contribution in [0.15, 0.2) is 16.5 Å². The number of rotatable bonds is 4. The molecule has 3 nitrogen and oxygen atoms in total. The predicted molar refractivity (Wildman–Crippen MR) is 45.4 cm³/mol. The minimum absolute atomic E-state index is 0.378. The molecule has 0 unspecified atom stereocenters. The van der Waals surface area contributed by atoms with Crippen molar-refractivity contribution in [1.29, 1.82) is 5.26 Å². The zero-order chi connectivity index (χ0) is 8.81. The molecule has 0 bridgehead atoms. The molecular weight excluding hydrogens is 152 g/mol. The van der Waals surface area contributed by atoms with Crippen LogP contribution in [0.1, 0.15) is 24.9 Å². The fraction of sp³-hybridized carbons (Fsp3) is 0.444. The van der Waals surface area contributed by atoms with Crippen LogP contribution in [0.2, 0.25) is 0 Å². The molecule has 0 atom stereocenters. The van der Waals surface area contributed by atoms with E-state index in [9.17, 15) is 0 Å². The summed E-state index contributed by atoms with van der Waals surface area (Å²) in [4.78, 5) is 0. The van der Waals surface area contributed by atoms with Gasteiger partial charge in [0, 0.05) is 0 Å². The Balaban J connectivity index is 2.38. The highest BCUT2D eigenvalue weighted by Gasteiger charge is 1.98. The molecule has 0 amide bonds. The molecule has 1 N–H and O–H groups in total. The fourth-order valence-corrected chi connectivity index (χ4v) is 0.921. The molecule has 0 spiro atoms. The maximum Gasteiger partial charge on any atom is 0.203 e. The van der Waals surface area contributed by atoms with E-state index in [1.807, 2.05) is 12.1 Å². The van der Waals surface area contributed by atoms with Crippen LogP contribution in [0.5, 0.6) is 0 Å². The summed E-state index contributed by atoms with van der Waals surface area (Å²) in [7, 11) is 0. The maximum atomic E-state index is 8.46. The van der Waals surface area contributed by atoms with Crippen molar-refractivity contribution in [3.63, 3.8) is 0 Å². The number of nitrogens with zero attached hydrogens (tertiary/aromatic N) is 1. The van der Waals surface area contributed by atoms with Crippen molar-refractivity contribution in [2.24, 2.45) is 0 Å². The fourth-order valence-electron chi connectivity index (χ4n) is 0.921.